The van der Waals surface area contributed by atoms with Crippen LogP contribution in [0.1, 0.15) is 26.3 Å². The number of hydrogen-bond acceptors (Lipinski definition) is 7. The largest absolute Gasteiger partial charge is 0.505 e. The van der Waals surface area contributed by atoms with E-state index >= 15 is 0 Å². The molecule has 220 valence electrons. The molecule has 0 aliphatic carbocycles. The number of anilines is 1. The first kappa shape index (κ1) is 29.8. The number of nitrogens with one attached hydrogen (secondary N) is 2. The highest BCUT2D eigenvalue weighted by Crippen LogP contribution is 2.28. The second-order valence-corrected chi connectivity index (χ2v) is 10.0. The normalized spacial score (nSPS) is 10.5. The molecule has 2 heterocycles. The van der Waals surface area contributed by atoms with Crippen LogP contribution in [-0.4, -0.2) is 39.1 Å². The predicted octanol–water partition coefficient (Wildman–Crippen LogP) is 6.73. The zero-order chi connectivity index (χ0) is 31.1. The number of nitrogens with zero attached hydrogens (tertiary/aromatic N) is 2. The molecule has 0 bridgehead atoms. The third-order valence-corrected chi connectivity index (χ3v) is 6.95. The maximum absolute atomic E-state index is 12.3. The molecule has 4 aromatic carbocycles. The Balaban J connectivity index is 0.000000175. The molecule has 9 nitrogen and oxygen atoms in total. The van der Waals surface area contributed by atoms with Gasteiger partial charge in [-0.25, -0.2) is 0 Å². The van der Waals surface area contributed by atoms with Crippen LogP contribution >= 0.6 is 11.6 Å². The van der Waals surface area contributed by atoms with Crippen LogP contribution in [-0.2, 0) is 6.54 Å². The molecule has 0 aliphatic heterocycles. The summed E-state index contributed by atoms with van der Waals surface area (Å²) >= 11 is 5.82. The van der Waals surface area contributed by atoms with Crippen LogP contribution in [0.2, 0.25) is 5.02 Å². The molecule has 10 heteroatoms. The van der Waals surface area contributed by atoms with Gasteiger partial charge in [0.2, 0.25) is 0 Å². The number of rotatable bonds is 6. The van der Waals surface area contributed by atoms with Gasteiger partial charge in [-0.3, -0.25) is 19.6 Å². The molecule has 4 N–H and O–H groups in total. The number of amides is 2. The Bertz CT molecular complexity index is 1950. The van der Waals surface area contributed by atoms with Gasteiger partial charge in [0.25, 0.3) is 11.8 Å². The second-order valence-electron chi connectivity index (χ2n) is 9.57. The van der Waals surface area contributed by atoms with Crippen LogP contribution in [0.25, 0.3) is 21.8 Å². The quantitative estimate of drug-likeness (QED) is 0.165. The first-order chi connectivity index (χ1) is 21.3. The minimum absolute atomic E-state index is 0.105. The zero-order valence-corrected chi connectivity index (χ0v) is 24.2. The molecular weight excluding hydrogens is 580 g/mol. The van der Waals surface area contributed by atoms with Gasteiger partial charge in [-0.05, 0) is 66.2 Å². The molecule has 6 rings (SSSR count). The number of aromatic hydroxyl groups is 2. The summed E-state index contributed by atoms with van der Waals surface area (Å²) in [5.41, 5.74) is 2.76. The molecule has 0 saturated heterocycles. The van der Waals surface area contributed by atoms with Crippen molar-refractivity contribution in [3.8, 4) is 17.2 Å². The Labute approximate surface area is 257 Å². The zero-order valence-electron chi connectivity index (χ0n) is 23.5. The first-order valence-corrected chi connectivity index (χ1v) is 13.8. The van der Waals surface area contributed by atoms with E-state index in [0.29, 0.717) is 34.0 Å². The smallest absolute Gasteiger partial charge is 0.259 e. The molecular formula is C34H27ClN4O5. The van der Waals surface area contributed by atoms with Gasteiger partial charge in [0.1, 0.15) is 16.8 Å². The number of aromatic nitrogens is 2. The Hall–Kier alpha value is -5.67. The SMILES string of the molecule is COc1ccc(NC(=O)c2ccc3cccnc3c2O)cc1.O=C(NCc1ccc(Cl)cc1)c1ccc2cccnc2c1O. The van der Waals surface area contributed by atoms with E-state index in [1.54, 1.807) is 92.3 Å². The van der Waals surface area contributed by atoms with Crippen LogP contribution in [0.5, 0.6) is 17.2 Å². The summed E-state index contributed by atoms with van der Waals surface area (Å²) in [6, 6.07) is 28.1. The highest BCUT2D eigenvalue weighted by atomic mass is 35.5. The van der Waals surface area contributed by atoms with E-state index in [1.807, 2.05) is 24.3 Å². The van der Waals surface area contributed by atoms with Gasteiger partial charge >= 0.3 is 0 Å². The molecule has 0 saturated carbocycles. The van der Waals surface area contributed by atoms with E-state index in [-0.39, 0.29) is 28.5 Å². The lowest BCUT2D eigenvalue weighted by molar-refractivity contribution is 0.0947. The fourth-order valence-electron chi connectivity index (χ4n) is 4.38. The Morgan fingerprint density at radius 2 is 1.27 bits per heavy atom. The molecule has 2 aromatic heterocycles. The number of pyridine rings is 2. The van der Waals surface area contributed by atoms with E-state index in [2.05, 4.69) is 20.6 Å². The fourth-order valence-corrected chi connectivity index (χ4v) is 4.50. The Morgan fingerprint density at radius 3 is 1.82 bits per heavy atom. The fraction of sp³-hybridized carbons (Fsp3) is 0.0588. The summed E-state index contributed by atoms with van der Waals surface area (Å²) in [5, 5.41) is 28.2. The topological polar surface area (TPSA) is 134 Å². The minimum Gasteiger partial charge on any atom is -0.505 e. The lowest BCUT2D eigenvalue weighted by Crippen LogP contribution is -2.22. The Kier molecular flexibility index (Phi) is 9.17. The Morgan fingerprint density at radius 1 is 0.727 bits per heavy atom. The summed E-state index contributed by atoms with van der Waals surface area (Å²) in [7, 11) is 1.58. The van der Waals surface area contributed by atoms with Crippen molar-refractivity contribution in [1.29, 1.82) is 0 Å². The van der Waals surface area contributed by atoms with Crippen molar-refractivity contribution in [2.75, 3.05) is 12.4 Å². The van der Waals surface area contributed by atoms with Crippen molar-refractivity contribution in [3.63, 3.8) is 0 Å². The van der Waals surface area contributed by atoms with Gasteiger partial charge in [-0.1, -0.05) is 48.0 Å². The molecule has 0 radical (unpaired) electrons. The number of carbonyl (C=O) groups is 2. The standard InChI is InChI=1S/C17H13ClN2O2.C17H14N2O3/c18-13-6-3-11(4-7-13)10-20-17(22)14-8-5-12-2-1-9-19-15(12)16(14)21;1-22-13-7-5-12(6-8-13)19-17(21)14-9-4-11-3-2-10-18-15(11)16(14)20/h1-9,21H,10H2,(H,20,22);2-10,20H,1H3,(H,19,21). The summed E-state index contributed by atoms with van der Waals surface area (Å²) in [6.45, 7) is 0.357. The predicted molar refractivity (Wildman–Crippen MR) is 170 cm³/mol. The number of benzene rings is 4. The maximum Gasteiger partial charge on any atom is 0.259 e. The number of halogens is 1. The van der Waals surface area contributed by atoms with Gasteiger partial charge in [0.05, 0.1) is 18.2 Å². The van der Waals surface area contributed by atoms with Crippen LogP contribution in [0, 0.1) is 0 Å². The molecule has 6 aromatic rings. The number of fused-ring (bicyclic) bond motifs is 2. The minimum atomic E-state index is -0.393. The highest BCUT2D eigenvalue weighted by Gasteiger charge is 2.15. The summed E-state index contributed by atoms with van der Waals surface area (Å²) in [4.78, 5) is 32.7. The lowest BCUT2D eigenvalue weighted by atomic mass is 10.1. The lowest BCUT2D eigenvalue weighted by Gasteiger charge is -2.09. The van der Waals surface area contributed by atoms with Crippen molar-refractivity contribution < 1.29 is 24.5 Å². The first-order valence-electron chi connectivity index (χ1n) is 13.5. The van der Waals surface area contributed by atoms with Crippen molar-refractivity contribution in [2.24, 2.45) is 0 Å². The third-order valence-electron chi connectivity index (χ3n) is 6.70. The summed E-state index contributed by atoms with van der Waals surface area (Å²) < 4.78 is 5.07. The van der Waals surface area contributed by atoms with Crippen LogP contribution < -0.4 is 15.4 Å². The van der Waals surface area contributed by atoms with E-state index in [0.717, 1.165) is 16.3 Å². The van der Waals surface area contributed by atoms with Crippen molar-refractivity contribution in [2.45, 2.75) is 6.54 Å². The summed E-state index contributed by atoms with van der Waals surface area (Å²) in [6.07, 6.45) is 3.16. The van der Waals surface area contributed by atoms with E-state index in [4.69, 9.17) is 16.3 Å². The molecule has 0 unspecified atom stereocenters. The second kappa shape index (κ2) is 13.5. The van der Waals surface area contributed by atoms with Gasteiger partial charge in [-0.15, -0.1) is 0 Å². The number of ether oxygens (including phenoxy) is 1. The van der Waals surface area contributed by atoms with E-state index < -0.39 is 5.91 Å². The molecule has 0 fully saturated rings. The van der Waals surface area contributed by atoms with Gasteiger partial charge < -0.3 is 25.6 Å². The molecule has 0 spiro atoms. The number of carbonyl (C=O) groups excluding carboxylic acids is 2. The third kappa shape index (κ3) is 6.86. The van der Waals surface area contributed by atoms with Crippen molar-refractivity contribution in [3.05, 3.63) is 131 Å². The average molecular weight is 607 g/mol. The summed E-state index contributed by atoms with van der Waals surface area (Å²) in [5.74, 6) is -0.262. The molecule has 0 aliphatic rings. The van der Waals surface area contributed by atoms with Crippen molar-refractivity contribution >= 4 is 50.9 Å². The van der Waals surface area contributed by atoms with Crippen molar-refractivity contribution in [1.82, 2.24) is 15.3 Å². The maximum atomic E-state index is 12.3. The van der Waals surface area contributed by atoms with Crippen LogP contribution in [0.4, 0.5) is 5.69 Å². The molecule has 0 atom stereocenters. The van der Waals surface area contributed by atoms with Crippen LogP contribution in [0.3, 0.4) is 0 Å². The number of phenols is 2. The van der Waals surface area contributed by atoms with E-state index in [9.17, 15) is 19.8 Å². The number of methoxy groups -OCH3 is 1. The number of hydrogen-bond donors (Lipinski definition) is 4. The van der Waals surface area contributed by atoms with Crippen LogP contribution in [0.15, 0.2) is 109 Å². The highest BCUT2D eigenvalue weighted by molar-refractivity contribution is 6.30. The number of phenolic OH excluding ortho intramolecular Hbond substituents is 2. The van der Waals surface area contributed by atoms with Gasteiger partial charge in [-0.2, -0.15) is 0 Å². The van der Waals surface area contributed by atoms with Gasteiger partial charge in [0, 0.05) is 40.4 Å². The molecule has 44 heavy (non-hydrogen) atoms. The van der Waals surface area contributed by atoms with Gasteiger partial charge in [0.15, 0.2) is 11.5 Å². The van der Waals surface area contributed by atoms with E-state index in [1.165, 1.54) is 0 Å². The monoisotopic (exact) mass is 606 g/mol. The molecule has 2 amide bonds. The average Bonchev–Trinajstić information content (AvgIpc) is 3.05.